The molecule has 1 aliphatic rings. The number of nitrogens with two attached hydrogens (primary N) is 2. The van der Waals surface area contributed by atoms with Gasteiger partial charge in [-0.15, -0.1) is 0 Å². The number of halogens is 1. The van der Waals surface area contributed by atoms with Gasteiger partial charge >= 0.3 is 0 Å². The number of nitrogens with zero attached hydrogens (tertiary/aromatic N) is 1. The van der Waals surface area contributed by atoms with Gasteiger partial charge in [0.1, 0.15) is 0 Å². The Morgan fingerprint density at radius 3 is 2.41 bits per heavy atom. The minimum absolute atomic E-state index is 0.134. The number of nitrogens with one attached hydrogen (secondary N) is 2. The van der Waals surface area contributed by atoms with E-state index in [2.05, 4.69) is 5.43 Å². The Morgan fingerprint density at radius 1 is 1.09 bits per heavy atom. The maximum absolute atomic E-state index is 14.4. The van der Waals surface area contributed by atoms with Crippen molar-refractivity contribution in [2.24, 2.45) is 11.5 Å². The van der Waals surface area contributed by atoms with Gasteiger partial charge in [-0.2, -0.15) is 0 Å². The van der Waals surface area contributed by atoms with Crippen LogP contribution < -0.4 is 16.9 Å². The maximum Gasteiger partial charge on any atom is 0.203 e. The summed E-state index contributed by atoms with van der Waals surface area (Å²) in [5.41, 5.74) is 16.7. The lowest BCUT2D eigenvalue weighted by molar-refractivity contribution is 0.335. The van der Waals surface area contributed by atoms with Crippen molar-refractivity contribution in [3.8, 4) is 0 Å². The van der Waals surface area contributed by atoms with Crippen LogP contribution in [0.5, 0.6) is 0 Å². The number of hydrogen-bond acceptors (Lipinski definition) is 5. The Hall–Kier alpha value is -2.91. The standard InChI is InChI=1S/C23H24ClN5O2S/c24-19-11-9-18(10-12-19)23(32(30,31)20-8-4-5-16(13-20)14-25)21(15-29(28-23)22(26)27)17-6-2-1-3-7-17/h1-13,21,28H,14-15,25H2,(H3,26,27). The molecule has 0 aliphatic carbocycles. The molecule has 166 valence electrons. The van der Waals surface area contributed by atoms with Crippen LogP contribution in [0.2, 0.25) is 5.02 Å². The molecule has 0 bridgehead atoms. The van der Waals surface area contributed by atoms with Crippen LogP contribution in [0.15, 0.2) is 83.8 Å². The molecule has 0 radical (unpaired) electrons. The van der Waals surface area contributed by atoms with E-state index in [0.717, 1.165) is 5.56 Å². The highest BCUT2D eigenvalue weighted by atomic mass is 35.5. The van der Waals surface area contributed by atoms with Crippen LogP contribution >= 0.6 is 11.6 Å². The van der Waals surface area contributed by atoms with Gasteiger partial charge in [0.2, 0.25) is 15.8 Å². The lowest BCUT2D eigenvalue weighted by atomic mass is 9.88. The molecule has 2 unspecified atom stereocenters. The Bertz CT molecular complexity index is 1230. The summed E-state index contributed by atoms with van der Waals surface area (Å²) in [7, 11) is -4.07. The van der Waals surface area contributed by atoms with Gasteiger partial charge in [-0.05, 0) is 41.0 Å². The molecule has 3 aromatic carbocycles. The fourth-order valence-corrected chi connectivity index (χ4v) is 6.53. The average Bonchev–Trinajstić information content (AvgIpc) is 3.23. The third-order valence-corrected chi connectivity index (χ3v) is 8.38. The number of hydrogen-bond donors (Lipinski definition) is 4. The van der Waals surface area contributed by atoms with Crippen molar-refractivity contribution in [3.63, 3.8) is 0 Å². The highest BCUT2D eigenvalue weighted by Crippen LogP contribution is 2.48. The van der Waals surface area contributed by atoms with Gasteiger partial charge in [0.25, 0.3) is 0 Å². The van der Waals surface area contributed by atoms with Gasteiger partial charge in [-0.3, -0.25) is 10.4 Å². The predicted molar refractivity (Wildman–Crippen MR) is 126 cm³/mol. The Balaban J connectivity index is 2.02. The monoisotopic (exact) mass is 469 g/mol. The van der Waals surface area contributed by atoms with Crippen LogP contribution in [0.1, 0.15) is 22.6 Å². The highest BCUT2D eigenvalue weighted by Gasteiger charge is 2.58. The van der Waals surface area contributed by atoms with E-state index >= 15 is 0 Å². The highest BCUT2D eigenvalue weighted by molar-refractivity contribution is 7.92. The second-order valence-electron chi connectivity index (χ2n) is 7.67. The van der Waals surface area contributed by atoms with E-state index in [9.17, 15) is 8.42 Å². The van der Waals surface area contributed by atoms with E-state index in [0.29, 0.717) is 16.1 Å². The smallest absolute Gasteiger partial charge is 0.203 e. The molecule has 9 heteroatoms. The fraction of sp³-hybridized carbons (Fsp3) is 0.174. The van der Waals surface area contributed by atoms with E-state index in [-0.39, 0.29) is 23.9 Å². The zero-order valence-corrected chi connectivity index (χ0v) is 18.8. The lowest BCUT2D eigenvalue weighted by Gasteiger charge is -2.35. The second kappa shape index (κ2) is 8.55. The SMILES string of the molecule is N=C(N)N1CC(c2ccccc2)C(c2ccc(Cl)cc2)(S(=O)(=O)c2cccc(CN)c2)N1. The van der Waals surface area contributed by atoms with E-state index in [4.69, 9.17) is 28.5 Å². The third kappa shape index (κ3) is 3.65. The van der Waals surface area contributed by atoms with Gasteiger partial charge in [0.05, 0.1) is 4.90 Å². The number of rotatable bonds is 5. The van der Waals surface area contributed by atoms with Crippen LogP contribution in [0.3, 0.4) is 0 Å². The van der Waals surface area contributed by atoms with Crippen molar-refractivity contribution >= 4 is 27.4 Å². The predicted octanol–water partition coefficient (Wildman–Crippen LogP) is 2.92. The van der Waals surface area contributed by atoms with Gasteiger partial charge in [0.15, 0.2) is 4.87 Å². The van der Waals surface area contributed by atoms with Crippen molar-refractivity contribution in [2.45, 2.75) is 22.2 Å². The molecule has 1 aliphatic heterocycles. The zero-order valence-electron chi connectivity index (χ0n) is 17.2. The molecular weight excluding hydrogens is 446 g/mol. The van der Waals surface area contributed by atoms with Gasteiger partial charge in [-0.1, -0.05) is 66.2 Å². The van der Waals surface area contributed by atoms with E-state index in [1.165, 1.54) is 5.01 Å². The maximum atomic E-state index is 14.4. The van der Waals surface area contributed by atoms with Crippen LogP contribution in [-0.2, 0) is 21.3 Å². The van der Waals surface area contributed by atoms with E-state index < -0.39 is 20.6 Å². The minimum atomic E-state index is -4.07. The fourth-order valence-electron chi connectivity index (χ4n) is 4.21. The topological polar surface area (TPSA) is 125 Å². The van der Waals surface area contributed by atoms with Gasteiger partial charge < -0.3 is 11.5 Å². The number of guanidine groups is 1. The van der Waals surface area contributed by atoms with Crippen LogP contribution in [0.4, 0.5) is 0 Å². The molecule has 1 saturated heterocycles. The molecule has 0 spiro atoms. The minimum Gasteiger partial charge on any atom is -0.369 e. The molecular formula is C23H24ClN5O2S. The molecule has 0 saturated carbocycles. The van der Waals surface area contributed by atoms with Crippen LogP contribution in [-0.4, -0.2) is 25.9 Å². The first-order valence-electron chi connectivity index (χ1n) is 10.0. The molecule has 3 aromatic rings. The third-order valence-electron chi connectivity index (χ3n) is 5.79. The molecule has 32 heavy (non-hydrogen) atoms. The lowest BCUT2D eigenvalue weighted by Crippen LogP contribution is -2.53. The summed E-state index contributed by atoms with van der Waals surface area (Å²) in [6.07, 6.45) is 0. The van der Waals surface area contributed by atoms with Crippen molar-refractivity contribution < 1.29 is 8.42 Å². The molecule has 0 aromatic heterocycles. The van der Waals surface area contributed by atoms with Gasteiger partial charge in [-0.25, -0.2) is 13.8 Å². The second-order valence-corrected chi connectivity index (χ2v) is 10.2. The first kappa shape index (κ1) is 22.3. The number of sulfone groups is 1. The summed E-state index contributed by atoms with van der Waals surface area (Å²) in [5, 5.41) is 9.86. The normalized spacial score (nSPS) is 20.9. The van der Waals surface area contributed by atoms with Crippen LogP contribution in [0.25, 0.3) is 0 Å². The summed E-state index contributed by atoms with van der Waals surface area (Å²) in [4.78, 5) is -1.49. The molecule has 1 heterocycles. The molecule has 6 N–H and O–H groups in total. The van der Waals surface area contributed by atoms with E-state index in [1.807, 2.05) is 30.3 Å². The van der Waals surface area contributed by atoms with Crippen molar-refractivity contribution in [3.05, 3.63) is 101 Å². The summed E-state index contributed by atoms with van der Waals surface area (Å²) in [6, 6.07) is 22.7. The molecule has 0 amide bonds. The Morgan fingerprint density at radius 2 is 1.78 bits per heavy atom. The first-order chi connectivity index (χ1) is 15.3. The van der Waals surface area contributed by atoms with Crippen molar-refractivity contribution in [2.75, 3.05) is 6.54 Å². The Labute approximate surface area is 192 Å². The van der Waals surface area contributed by atoms with E-state index in [1.54, 1.807) is 48.5 Å². The van der Waals surface area contributed by atoms with Crippen LogP contribution in [0, 0.1) is 5.41 Å². The number of hydrazine groups is 1. The zero-order chi connectivity index (χ0) is 22.9. The van der Waals surface area contributed by atoms with Gasteiger partial charge in [0, 0.05) is 24.0 Å². The average molecular weight is 470 g/mol. The number of benzene rings is 3. The largest absolute Gasteiger partial charge is 0.369 e. The Kier molecular flexibility index (Phi) is 5.96. The quantitative estimate of drug-likeness (QED) is 0.336. The molecule has 1 fully saturated rings. The summed E-state index contributed by atoms with van der Waals surface area (Å²) < 4.78 is 28.8. The molecule has 4 rings (SSSR count). The molecule has 2 atom stereocenters. The summed E-state index contributed by atoms with van der Waals surface area (Å²) >= 11 is 6.12. The van der Waals surface area contributed by atoms with Crippen molar-refractivity contribution in [1.29, 1.82) is 5.41 Å². The summed E-state index contributed by atoms with van der Waals surface area (Å²) in [5.74, 6) is -0.840. The van der Waals surface area contributed by atoms with Crippen molar-refractivity contribution in [1.82, 2.24) is 10.4 Å². The summed E-state index contributed by atoms with van der Waals surface area (Å²) in [6.45, 7) is 0.407. The molecule has 7 nitrogen and oxygen atoms in total. The first-order valence-corrected chi connectivity index (χ1v) is 11.9.